The maximum Gasteiger partial charge on any atom is 0.253 e. The van der Waals surface area contributed by atoms with Crippen LogP contribution in [0.5, 0.6) is 5.75 Å². The van der Waals surface area contributed by atoms with Crippen LogP contribution in [0.15, 0.2) is 48.5 Å². The fourth-order valence-electron chi connectivity index (χ4n) is 3.24. The minimum atomic E-state index is -0.437. The zero-order chi connectivity index (χ0) is 19.2. The second-order valence-electron chi connectivity index (χ2n) is 6.37. The first-order valence-electron chi connectivity index (χ1n) is 9.03. The minimum absolute atomic E-state index is 0.0204. The standard InChI is InChI=1S/C21H22FN3O2/c1-2-27-19-9-5-17(6-10-19)21(26)25-13-11-24(12-14-25)20(15-23)16-3-7-18(22)8-4-16/h3-10,20H,2,11-14H2,1H3/t20-/m0/s1. The van der Waals surface area contributed by atoms with E-state index in [2.05, 4.69) is 6.07 Å². The van der Waals surface area contributed by atoms with E-state index in [1.807, 2.05) is 11.8 Å². The number of nitriles is 1. The summed E-state index contributed by atoms with van der Waals surface area (Å²) in [4.78, 5) is 16.5. The Kier molecular flexibility index (Phi) is 6.05. The molecule has 2 aromatic carbocycles. The van der Waals surface area contributed by atoms with Gasteiger partial charge in [0.25, 0.3) is 5.91 Å². The summed E-state index contributed by atoms with van der Waals surface area (Å²) in [5.74, 6) is 0.407. The number of nitrogens with zero attached hydrogens (tertiary/aromatic N) is 3. The van der Waals surface area contributed by atoms with Crippen molar-refractivity contribution in [1.29, 1.82) is 5.26 Å². The molecule has 0 N–H and O–H groups in total. The highest BCUT2D eigenvalue weighted by Crippen LogP contribution is 2.23. The van der Waals surface area contributed by atoms with E-state index < -0.39 is 6.04 Å². The van der Waals surface area contributed by atoms with Gasteiger partial charge in [0.2, 0.25) is 0 Å². The Bertz CT molecular complexity index is 807. The summed E-state index contributed by atoms with van der Waals surface area (Å²) in [5.41, 5.74) is 1.40. The van der Waals surface area contributed by atoms with Crippen LogP contribution < -0.4 is 4.74 Å². The number of hydrogen-bond donors (Lipinski definition) is 0. The van der Waals surface area contributed by atoms with E-state index in [4.69, 9.17) is 4.74 Å². The number of carbonyl (C=O) groups is 1. The molecule has 6 heteroatoms. The highest BCUT2D eigenvalue weighted by atomic mass is 19.1. The Morgan fingerprint density at radius 2 is 1.74 bits per heavy atom. The average molecular weight is 367 g/mol. The summed E-state index contributed by atoms with van der Waals surface area (Å²) in [6.07, 6.45) is 0. The van der Waals surface area contributed by atoms with Gasteiger partial charge in [0.05, 0.1) is 12.7 Å². The normalized spacial score (nSPS) is 15.8. The zero-order valence-electron chi connectivity index (χ0n) is 15.3. The van der Waals surface area contributed by atoms with Crippen LogP contribution in [0.2, 0.25) is 0 Å². The topological polar surface area (TPSA) is 56.6 Å². The SMILES string of the molecule is CCOc1ccc(C(=O)N2CCN([C@@H](C#N)c3ccc(F)cc3)CC2)cc1. The fraction of sp³-hybridized carbons (Fsp3) is 0.333. The van der Waals surface area contributed by atoms with Crippen molar-refractivity contribution in [1.82, 2.24) is 9.80 Å². The van der Waals surface area contributed by atoms with Gasteiger partial charge >= 0.3 is 0 Å². The first-order valence-corrected chi connectivity index (χ1v) is 9.03. The number of benzene rings is 2. The van der Waals surface area contributed by atoms with Gasteiger partial charge in [-0.3, -0.25) is 9.69 Å². The molecular formula is C21H22FN3O2. The van der Waals surface area contributed by atoms with Crippen LogP contribution in [0, 0.1) is 17.1 Å². The molecule has 0 aromatic heterocycles. The molecule has 1 aliphatic rings. The van der Waals surface area contributed by atoms with E-state index >= 15 is 0 Å². The van der Waals surface area contributed by atoms with E-state index in [9.17, 15) is 14.4 Å². The summed E-state index contributed by atoms with van der Waals surface area (Å²) >= 11 is 0. The molecule has 3 rings (SSSR count). The zero-order valence-corrected chi connectivity index (χ0v) is 15.3. The van der Waals surface area contributed by atoms with Crippen LogP contribution >= 0.6 is 0 Å². The molecule has 0 unspecified atom stereocenters. The third-order valence-corrected chi connectivity index (χ3v) is 4.69. The van der Waals surface area contributed by atoms with Crippen LogP contribution in [0.3, 0.4) is 0 Å². The van der Waals surface area contributed by atoms with Crippen molar-refractivity contribution in [2.24, 2.45) is 0 Å². The summed E-state index contributed by atoms with van der Waals surface area (Å²) in [6, 6.07) is 15.0. The van der Waals surface area contributed by atoms with E-state index in [1.165, 1.54) is 12.1 Å². The molecule has 5 nitrogen and oxygen atoms in total. The van der Waals surface area contributed by atoms with Crippen LogP contribution in [0.4, 0.5) is 4.39 Å². The number of piperazine rings is 1. The summed E-state index contributed by atoms with van der Waals surface area (Å²) in [7, 11) is 0. The molecule has 1 aliphatic heterocycles. The summed E-state index contributed by atoms with van der Waals surface area (Å²) < 4.78 is 18.5. The van der Waals surface area contributed by atoms with Crippen molar-refractivity contribution in [3.05, 3.63) is 65.5 Å². The van der Waals surface area contributed by atoms with E-state index in [-0.39, 0.29) is 11.7 Å². The van der Waals surface area contributed by atoms with Crippen LogP contribution in [0.25, 0.3) is 0 Å². The van der Waals surface area contributed by atoms with Crippen molar-refractivity contribution in [3.8, 4) is 11.8 Å². The second kappa shape index (κ2) is 8.65. The second-order valence-corrected chi connectivity index (χ2v) is 6.37. The molecule has 2 aromatic rings. The third kappa shape index (κ3) is 4.44. The van der Waals surface area contributed by atoms with Gasteiger partial charge in [-0.2, -0.15) is 5.26 Å². The Morgan fingerprint density at radius 3 is 2.30 bits per heavy atom. The monoisotopic (exact) mass is 367 g/mol. The predicted octanol–water partition coefficient (Wildman–Crippen LogP) is 3.25. The number of carbonyl (C=O) groups excluding carboxylic acids is 1. The molecule has 1 heterocycles. The number of hydrogen-bond acceptors (Lipinski definition) is 4. The quantitative estimate of drug-likeness (QED) is 0.814. The molecule has 1 amide bonds. The lowest BCUT2D eigenvalue weighted by Crippen LogP contribution is -2.49. The number of ether oxygens (including phenoxy) is 1. The molecule has 1 atom stereocenters. The molecule has 0 spiro atoms. The van der Waals surface area contributed by atoms with Crippen molar-refractivity contribution < 1.29 is 13.9 Å². The highest BCUT2D eigenvalue weighted by Gasteiger charge is 2.27. The molecule has 0 aliphatic carbocycles. The Labute approximate surface area is 158 Å². The van der Waals surface area contributed by atoms with Gasteiger partial charge in [-0.05, 0) is 48.9 Å². The smallest absolute Gasteiger partial charge is 0.253 e. The van der Waals surface area contributed by atoms with Crippen molar-refractivity contribution >= 4 is 5.91 Å². The van der Waals surface area contributed by atoms with Gasteiger partial charge < -0.3 is 9.64 Å². The van der Waals surface area contributed by atoms with E-state index in [0.717, 1.165) is 11.3 Å². The molecule has 0 bridgehead atoms. The fourth-order valence-corrected chi connectivity index (χ4v) is 3.24. The number of halogens is 1. The predicted molar refractivity (Wildman–Crippen MR) is 99.8 cm³/mol. The lowest BCUT2D eigenvalue weighted by molar-refractivity contribution is 0.0606. The first-order chi connectivity index (χ1) is 13.1. The molecule has 0 radical (unpaired) electrons. The van der Waals surface area contributed by atoms with Gasteiger partial charge in [0, 0.05) is 31.7 Å². The summed E-state index contributed by atoms with van der Waals surface area (Å²) in [5, 5.41) is 9.55. The molecular weight excluding hydrogens is 345 g/mol. The van der Waals surface area contributed by atoms with Gasteiger partial charge in [-0.25, -0.2) is 4.39 Å². The maximum absolute atomic E-state index is 13.1. The van der Waals surface area contributed by atoms with Gasteiger partial charge in [-0.1, -0.05) is 12.1 Å². The first kappa shape index (κ1) is 18.9. The maximum atomic E-state index is 13.1. The highest BCUT2D eigenvalue weighted by molar-refractivity contribution is 5.94. The van der Waals surface area contributed by atoms with Crippen molar-refractivity contribution in [2.45, 2.75) is 13.0 Å². The Morgan fingerprint density at radius 1 is 1.11 bits per heavy atom. The van der Waals surface area contributed by atoms with E-state index in [1.54, 1.807) is 41.3 Å². The van der Waals surface area contributed by atoms with Crippen LogP contribution in [0.1, 0.15) is 28.9 Å². The molecule has 140 valence electrons. The third-order valence-electron chi connectivity index (χ3n) is 4.69. The number of amides is 1. The number of rotatable bonds is 5. The van der Waals surface area contributed by atoms with Gasteiger partial charge in [-0.15, -0.1) is 0 Å². The average Bonchev–Trinajstić information content (AvgIpc) is 2.71. The van der Waals surface area contributed by atoms with Crippen LogP contribution in [-0.2, 0) is 0 Å². The Hall–Kier alpha value is -2.91. The lowest BCUT2D eigenvalue weighted by atomic mass is 10.1. The lowest BCUT2D eigenvalue weighted by Gasteiger charge is -2.37. The molecule has 27 heavy (non-hydrogen) atoms. The molecule has 0 saturated carbocycles. The van der Waals surface area contributed by atoms with Crippen molar-refractivity contribution in [3.63, 3.8) is 0 Å². The van der Waals surface area contributed by atoms with Gasteiger partial charge in [0.15, 0.2) is 0 Å². The van der Waals surface area contributed by atoms with Crippen LogP contribution in [-0.4, -0.2) is 48.5 Å². The minimum Gasteiger partial charge on any atom is -0.494 e. The summed E-state index contributed by atoms with van der Waals surface area (Å²) in [6.45, 7) is 4.79. The van der Waals surface area contributed by atoms with E-state index in [0.29, 0.717) is 38.3 Å². The largest absolute Gasteiger partial charge is 0.494 e. The Balaban J connectivity index is 1.61. The van der Waals surface area contributed by atoms with Crippen molar-refractivity contribution in [2.75, 3.05) is 32.8 Å². The molecule has 1 fully saturated rings. The van der Waals surface area contributed by atoms with Gasteiger partial charge in [0.1, 0.15) is 17.6 Å². The molecule has 1 saturated heterocycles.